The normalized spacial score (nSPS) is 10.7. The summed E-state index contributed by atoms with van der Waals surface area (Å²) in [5, 5.41) is 8.67. The summed E-state index contributed by atoms with van der Waals surface area (Å²) < 4.78 is 37.4. The molecule has 0 radical (unpaired) electrons. The number of carbonyl (C=O) groups is 1. The highest BCUT2D eigenvalue weighted by atomic mass is 79.9. The third-order valence-electron chi connectivity index (χ3n) is 1.64. The average molecular weight is 284 g/mol. The first-order valence-corrected chi connectivity index (χ1v) is 4.86. The van der Waals surface area contributed by atoms with Crippen LogP contribution in [0.4, 0.5) is 13.2 Å². The van der Waals surface area contributed by atoms with Gasteiger partial charge in [0.15, 0.2) is 11.5 Å². The van der Waals surface area contributed by atoms with Crippen LogP contribution in [0.1, 0.15) is 28.2 Å². The maximum absolute atomic E-state index is 13.0. The molecule has 1 N–H and O–H groups in total. The van der Waals surface area contributed by atoms with Gasteiger partial charge in [-0.05, 0) is 11.6 Å². The number of carboxylic acid groups (broad SMARTS) is 1. The fraction of sp³-hybridized carbons (Fsp3) is 0.250. The molecule has 0 spiro atoms. The zero-order valence-corrected chi connectivity index (χ0v) is 8.76. The monoisotopic (exact) mass is 283 g/mol. The van der Waals surface area contributed by atoms with E-state index >= 15 is 0 Å². The Balaban J connectivity index is 3.37. The molecule has 15 heavy (non-hydrogen) atoms. The molecule has 1 aromatic heterocycles. The average Bonchev–Trinajstić information content (AvgIpc) is 2.16. The second-order valence-corrected chi connectivity index (χ2v) is 3.16. The molecular formula is C8H5BrF3NO2. The maximum atomic E-state index is 13.0. The highest BCUT2D eigenvalue weighted by Crippen LogP contribution is 2.23. The first kappa shape index (κ1) is 12.0. The number of halogens is 4. The van der Waals surface area contributed by atoms with E-state index in [1.165, 1.54) is 0 Å². The number of hydrogen-bond donors (Lipinski definition) is 1. The lowest BCUT2D eigenvalue weighted by atomic mass is 10.2. The van der Waals surface area contributed by atoms with Gasteiger partial charge < -0.3 is 5.11 Å². The Morgan fingerprint density at radius 2 is 2.20 bits per heavy atom. The standard InChI is InChI=1S/C8H5BrF3NO2/c9-2-3-1-4(10)6(7(11)12)13-5(3)8(14)15/h1,7H,2H2,(H,14,15). The van der Waals surface area contributed by atoms with Crippen LogP contribution < -0.4 is 0 Å². The fourth-order valence-electron chi connectivity index (χ4n) is 0.981. The molecule has 0 bridgehead atoms. The molecule has 0 aliphatic carbocycles. The van der Waals surface area contributed by atoms with Crippen molar-refractivity contribution in [3.8, 4) is 0 Å². The van der Waals surface area contributed by atoms with Crippen molar-refractivity contribution in [1.82, 2.24) is 4.98 Å². The second-order valence-electron chi connectivity index (χ2n) is 2.60. The van der Waals surface area contributed by atoms with E-state index in [0.29, 0.717) is 0 Å². The van der Waals surface area contributed by atoms with Crippen LogP contribution >= 0.6 is 15.9 Å². The lowest BCUT2D eigenvalue weighted by Gasteiger charge is -2.06. The van der Waals surface area contributed by atoms with Crippen LogP contribution in [0.25, 0.3) is 0 Å². The number of aromatic nitrogens is 1. The summed E-state index contributed by atoms with van der Waals surface area (Å²) in [5.41, 5.74) is -1.69. The van der Waals surface area contributed by atoms with E-state index in [0.717, 1.165) is 6.07 Å². The van der Waals surface area contributed by atoms with Gasteiger partial charge in [-0.1, -0.05) is 15.9 Å². The van der Waals surface area contributed by atoms with Crippen molar-refractivity contribution in [2.75, 3.05) is 0 Å². The van der Waals surface area contributed by atoms with Gasteiger partial charge in [0.25, 0.3) is 6.43 Å². The smallest absolute Gasteiger partial charge is 0.354 e. The van der Waals surface area contributed by atoms with Crippen LogP contribution in [0, 0.1) is 5.82 Å². The molecule has 0 amide bonds. The first-order valence-electron chi connectivity index (χ1n) is 3.74. The fourth-order valence-corrected chi connectivity index (χ4v) is 1.41. The van der Waals surface area contributed by atoms with E-state index in [1.807, 2.05) is 0 Å². The molecule has 0 aromatic carbocycles. The Labute approximate surface area is 91.1 Å². The van der Waals surface area contributed by atoms with Crippen molar-refractivity contribution in [2.45, 2.75) is 11.8 Å². The summed E-state index contributed by atoms with van der Waals surface area (Å²) in [5.74, 6) is -2.67. The summed E-state index contributed by atoms with van der Waals surface area (Å²) in [4.78, 5) is 13.7. The minimum absolute atomic E-state index is 0.0180. The number of rotatable bonds is 3. The van der Waals surface area contributed by atoms with Gasteiger partial charge in [-0.3, -0.25) is 0 Å². The molecule has 1 heterocycles. The molecule has 1 aromatic rings. The van der Waals surface area contributed by atoms with Crippen LogP contribution in [-0.2, 0) is 5.33 Å². The topological polar surface area (TPSA) is 50.2 Å². The summed E-state index contributed by atoms with van der Waals surface area (Å²) in [6.07, 6.45) is -3.13. The number of pyridine rings is 1. The SMILES string of the molecule is O=C(O)c1nc(C(F)F)c(F)cc1CBr. The summed E-state index contributed by atoms with van der Waals surface area (Å²) in [6.45, 7) is 0. The summed E-state index contributed by atoms with van der Waals surface area (Å²) >= 11 is 2.91. The predicted molar refractivity (Wildman–Crippen MR) is 48.7 cm³/mol. The molecule has 0 unspecified atom stereocenters. The Bertz CT molecular complexity index is 398. The molecule has 1 rings (SSSR count). The molecule has 0 atom stereocenters. The lowest BCUT2D eigenvalue weighted by Crippen LogP contribution is -2.09. The van der Waals surface area contributed by atoms with Gasteiger partial charge in [-0.2, -0.15) is 0 Å². The van der Waals surface area contributed by atoms with Gasteiger partial charge in [-0.25, -0.2) is 22.9 Å². The molecule has 0 aliphatic rings. The van der Waals surface area contributed by atoms with Crippen molar-refractivity contribution < 1.29 is 23.1 Å². The van der Waals surface area contributed by atoms with E-state index in [4.69, 9.17) is 5.11 Å². The minimum atomic E-state index is -3.13. The molecular weight excluding hydrogens is 279 g/mol. The van der Waals surface area contributed by atoms with Crippen LogP contribution in [0.15, 0.2) is 6.07 Å². The van der Waals surface area contributed by atoms with Gasteiger partial charge >= 0.3 is 5.97 Å². The highest BCUT2D eigenvalue weighted by Gasteiger charge is 2.21. The Morgan fingerprint density at radius 3 is 2.60 bits per heavy atom. The Hall–Kier alpha value is -1.11. The molecule has 82 valence electrons. The van der Waals surface area contributed by atoms with E-state index < -0.39 is 29.6 Å². The Morgan fingerprint density at radius 1 is 1.60 bits per heavy atom. The van der Waals surface area contributed by atoms with Gasteiger partial charge in [0.2, 0.25) is 0 Å². The van der Waals surface area contributed by atoms with Gasteiger partial charge in [0.05, 0.1) is 0 Å². The van der Waals surface area contributed by atoms with Gasteiger partial charge in [0, 0.05) is 5.33 Å². The molecule has 7 heteroatoms. The zero-order valence-electron chi connectivity index (χ0n) is 7.18. The molecule has 0 fully saturated rings. The van der Waals surface area contributed by atoms with Crippen molar-refractivity contribution >= 4 is 21.9 Å². The van der Waals surface area contributed by atoms with Crippen molar-refractivity contribution in [3.63, 3.8) is 0 Å². The van der Waals surface area contributed by atoms with Crippen LogP contribution in [0.5, 0.6) is 0 Å². The molecule has 0 aliphatic heterocycles. The molecule has 3 nitrogen and oxygen atoms in total. The number of nitrogens with zero attached hydrogens (tertiary/aromatic N) is 1. The van der Waals surface area contributed by atoms with Gasteiger partial charge in [0.1, 0.15) is 5.69 Å². The van der Waals surface area contributed by atoms with Crippen LogP contribution in [-0.4, -0.2) is 16.1 Å². The minimum Gasteiger partial charge on any atom is -0.477 e. The van der Waals surface area contributed by atoms with Crippen LogP contribution in [0.3, 0.4) is 0 Å². The summed E-state index contributed by atoms with van der Waals surface area (Å²) in [7, 11) is 0. The zero-order chi connectivity index (χ0) is 11.6. The van der Waals surface area contributed by atoms with E-state index in [-0.39, 0.29) is 10.9 Å². The highest BCUT2D eigenvalue weighted by molar-refractivity contribution is 9.08. The van der Waals surface area contributed by atoms with E-state index in [1.54, 1.807) is 0 Å². The number of alkyl halides is 3. The second kappa shape index (κ2) is 4.61. The van der Waals surface area contributed by atoms with Gasteiger partial charge in [-0.15, -0.1) is 0 Å². The third kappa shape index (κ3) is 2.47. The largest absolute Gasteiger partial charge is 0.477 e. The Kier molecular flexibility index (Phi) is 3.67. The number of aromatic carboxylic acids is 1. The number of carboxylic acids is 1. The lowest BCUT2D eigenvalue weighted by molar-refractivity contribution is 0.0687. The van der Waals surface area contributed by atoms with Crippen LogP contribution in [0.2, 0.25) is 0 Å². The van der Waals surface area contributed by atoms with Crippen molar-refractivity contribution in [2.24, 2.45) is 0 Å². The summed E-state index contributed by atoms with van der Waals surface area (Å²) in [6, 6.07) is 0.743. The predicted octanol–water partition coefficient (Wildman–Crippen LogP) is 2.75. The first-order chi connectivity index (χ1) is 6.97. The van der Waals surface area contributed by atoms with E-state index in [2.05, 4.69) is 20.9 Å². The van der Waals surface area contributed by atoms with Crippen molar-refractivity contribution in [1.29, 1.82) is 0 Å². The maximum Gasteiger partial charge on any atom is 0.354 e. The van der Waals surface area contributed by atoms with Crippen molar-refractivity contribution in [3.05, 3.63) is 28.8 Å². The van der Waals surface area contributed by atoms with E-state index in [9.17, 15) is 18.0 Å². The third-order valence-corrected chi connectivity index (χ3v) is 2.24. The number of hydrogen-bond acceptors (Lipinski definition) is 2. The quantitative estimate of drug-likeness (QED) is 0.868. The molecule has 0 saturated heterocycles. The molecule has 0 saturated carbocycles.